The van der Waals surface area contributed by atoms with Crippen LogP contribution in [0.15, 0.2) is 30.6 Å². The van der Waals surface area contributed by atoms with Crippen LogP contribution < -0.4 is 5.73 Å². The summed E-state index contributed by atoms with van der Waals surface area (Å²) in [4.78, 5) is 14.5. The summed E-state index contributed by atoms with van der Waals surface area (Å²) in [5.41, 5.74) is 7.44. The normalized spacial score (nSPS) is 22.3. The Balaban J connectivity index is 1.76. The van der Waals surface area contributed by atoms with Crippen molar-refractivity contribution in [3.63, 3.8) is 0 Å². The van der Waals surface area contributed by atoms with Crippen LogP contribution >= 0.6 is 0 Å². The molecule has 2 unspecified atom stereocenters. The van der Waals surface area contributed by atoms with E-state index in [0.717, 1.165) is 25.1 Å². The number of piperidine rings is 1. The van der Waals surface area contributed by atoms with E-state index in [1.165, 1.54) is 6.33 Å². The van der Waals surface area contributed by atoms with Gasteiger partial charge in [0.05, 0.1) is 5.69 Å². The fourth-order valence-electron chi connectivity index (χ4n) is 2.71. The highest BCUT2D eigenvalue weighted by molar-refractivity contribution is 5.94. The number of tetrazole rings is 1. The van der Waals surface area contributed by atoms with Gasteiger partial charge in [0, 0.05) is 24.2 Å². The van der Waals surface area contributed by atoms with Crippen LogP contribution in [0.1, 0.15) is 30.1 Å². The van der Waals surface area contributed by atoms with Gasteiger partial charge in [-0.2, -0.15) is 0 Å². The molecule has 0 saturated carbocycles. The topological polar surface area (TPSA) is 89.9 Å². The van der Waals surface area contributed by atoms with Crippen LogP contribution in [-0.4, -0.2) is 49.6 Å². The Morgan fingerprint density at radius 2 is 2.10 bits per heavy atom. The molecule has 1 aliphatic rings. The first-order valence-electron chi connectivity index (χ1n) is 7.05. The van der Waals surface area contributed by atoms with E-state index in [-0.39, 0.29) is 18.0 Å². The third-order valence-corrected chi connectivity index (χ3v) is 3.91. The fourth-order valence-corrected chi connectivity index (χ4v) is 2.71. The van der Waals surface area contributed by atoms with Gasteiger partial charge in [-0.25, -0.2) is 4.68 Å². The molecule has 1 aromatic heterocycles. The minimum atomic E-state index is 0.0534. The van der Waals surface area contributed by atoms with E-state index < -0.39 is 0 Å². The smallest absolute Gasteiger partial charge is 0.254 e. The summed E-state index contributed by atoms with van der Waals surface area (Å²) in [6.07, 6.45) is 3.23. The van der Waals surface area contributed by atoms with Crippen LogP contribution in [-0.2, 0) is 0 Å². The first-order chi connectivity index (χ1) is 10.1. The molecule has 0 spiro atoms. The number of benzene rings is 1. The number of nitrogens with zero attached hydrogens (tertiary/aromatic N) is 5. The molecular weight excluding hydrogens is 268 g/mol. The number of carbonyl (C=O) groups excluding carboxylic acids is 1. The van der Waals surface area contributed by atoms with Crippen molar-refractivity contribution in [2.24, 2.45) is 5.73 Å². The first-order valence-corrected chi connectivity index (χ1v) is 7.05. The average molecular weight is 286 g/mol. The van der Waals surface area contributed by atoms with Crippen LogP contribution in [0.4, 0.5) is 0 Å². The van der Waals surface area contributed by atoms with Gasteiger partial charge >= 0.3 is 0 Å². The number of hydrogen-bond acceptors (Lipinski definition) is 5. The Morgan fingerprint density at radius 1 is 1.33 bits per heavy atom. The van der Waals surface area contributed by atoms with Crippen LogP contribution in [0.25, 0.3) is 5.69 Å². The number of carbonyl (C=O) groups is 1. The number of rotatable bonds is 2. The van der Waals surface area contributed by atoms with E-state index in [9.17, 15) is 4.79 Å². The minimum Gasteiger partial charge on any atom is -0.336 e. The van der Waals surface area contributed by atoms with Crippen LogP contribution in [0.2, 0.25) is 0 Å². The van der Waals surface area contributed by atoms with E-state index in [1.54, 1.807) is 16.8 Å². The predicted molar refractivity (Wildman–Crippen MR) is 76.9 cm³/mol. The Bertz CT molecular complexity index is 609. The zero-order chi connectivity index (χ0) is 14.8. The van der Waals surface area contributed by atoms with E-state index in [2.05, 4.69) is 15.5 Å². The summed E-state index contributed by atoms with van der Waals surface area (Å²) in [5, 5.41) is 11.0. The van der Waals surface area contributed by atoms with Crippen molar-refractivity contribution in [1.82, 2.24) is 25.1 Å². The quantitative estimate of drug-likeness (QED) is 0.873. The van der Waals surface area contributed by atoms with Gasteiger partial charge in [0.25, 0.3) is 5.91 Å². The molecule has 1 saturated heterocycles. The van der Waals surface area contributed by atoms with Gasteiger partial charge in [0.1, 0.15) is 6.33 Å². The number of nitrogens with two attached hydrogens (primary N) is 1. The standard InChI is InChI=1S/C14H18N6O/c1-10-8-12(15)6-7-19(10)14(21)11-2-4-13(5-3-11)20-9-16-17-18-20/h2-5,9-10,12H,6-8,15H2,1H3. The van der Waals surface area contributed by atoms with Gasteiger partial charge in [0.2, 0.25) is 0 Å². The molecule has 7 nitrogen and oxygen atoms in total. The highest BCUT2D eigenvalue weighted by Gasteiger charge is 2.27. The van der Waals surface area contributed by atoms with Crippen LogP contribution in [0.5, 0.6) is 0 Å². The Hall–Kier alpha value is -2.28. The Kier molecular flexibility index (Phi) is 3.66. The molecule has 7 heteroatoms. The molecular formula is C14H18N6O. The molecule has 1 aliphatic heterocycles. The van der Waals surface area contributed by atoms with E-state index in [0.29, 0.717) is 5.56 Å². The van der Waals surface area contributed by atoms with Crippen LogP contribution in [0.3, 0.4) is 0 Å². The zero-order valence-corrected chi connectivity index (χ0v) is 11.9. The second-order valence-electron chi connectivity index (χ2n) is 5.43. The van der Waals surface area contributed by atoms with Crippen molar-refractivity contribution >= 4 is 5.91 Å². The number of likely N-dealkylation sites (tertiary alicyclic amines) is 1. The molecule has 1 fully saturated rings. The average Bonchev–Trinajstić information content (AvgIpc) is 3.01. The van der Waals surface area contributed by atoms with E-state index in [1.807, 2.05) is 24.0 Å². The number of hydrogen-bond donors (Lipinski definition) is 1. The van der Waals surface area contributed by atoms with Crippen molar-refractivity contribution in [2.45, 2.75) is 31.8 Å². The molecule has 21 heavy (non-hydrogen) atoms. The summed E-state index contributed by atoms with van der Waals surface area (Å²) in [6, 6.07) is 7.67. The lowest BCUT2D eigenvalue weighted by molar-refractivity contribution is 0.0619. The summed E-state index contributed by atoms with van der Waals surface area (Å²) in [6.45, 7) is 2.77. The third kappa shape index (κ3) is 2.78. The van der Waals surface area contributed by atoms with Crippen molar-refractivity contribution in [1.29, 1.82) is 0 Å². The summed E-state index contributed by atoms with van der Waals surface area (Å²) >= 11 is 0. The summed E-state index contributed by atoms with van der Waals surface area (Å²) in [5.74, 6) is 0.0534. The van der Waals surface area contributed by atoms with E-state index in [4.69, 9.17) is 5.73 Å². The number of amides is 1. The van der Waals surface area contributed by atoms with Gasteiger partial charge in [-0.1, -0.05) is 0 Å². The molecule has 2 atom stereocenters. The van der Waals surface area contributed by atoms with Gasteiger partial charge in [-0.05, 0) is 54.5 Å². The van der Waals surface area contributed by atoms with Crippen molar-refractivity contribution in [3.05, 3.63) is 36.2 Å². The highest BCUT2D eigenvalue weighted by atomic mass is 16.2. The maximum absolute atomic E-state index is 12.6. The van der Waals surface area contributed by atoms with Crippen molar-refractivity contribution in [3.8, 4) is 5.69 Å². The molecule has 1 aromatic carbocycles. The van der Waals surface area contributed by atoms with Crippen LogP contribution in [0, 0.1) is 0 Å². The summed E-state index contributed by atoms with van der Waals surface area (Å²) < 4.78 is 1.55. The molecule has 3 rings (SSSR count). The van der Waals surface area contributed by atoms with Gasteiger partial charge in [0.15, 0.2) is 0 Å². The lowest BCUT2D eigenvalue weighted by Gasteiger charge is -2.36. The predicted octanol–water partition coefficient (Wildman–Crippen LogP) is 0.614. The highest BCUT2D eigenvalue weighted by Crippen LogP contribution is 2.19. The maximum atomic E-state index is 12.6. The fraction of sp³-hybridized carbons (Fsp3) is 0.429. The van der Waals surface area contributed by atoms with E-state index >= 15 is 0 Å². The van der Waals surface area contributed by atoms with Gasteiger partial charge in [-0.3, -0.25) is 4.79 Å². The lowest BCUT2D eigenvalue weighted by atomic mass is 9.98. The Labute approximate surface area is 122 Å². The van der Waals surface area contributed by atoms with Crippen molar-refractivity contribution < 1.29 is 4.79 Å². The van der Waals surface area contributed by atoms with Gasteiger partial charge in [-0.15, -0.1) is 5.10 Å². The second-order valence-corrected chi connectivity index (χ2v) is 5.43. The molecule has 2 N–H and O–H groups in total. The minimum absolute atomic E-state index is 0.0534. The van der Waals surface area contributed by atoms with Gasteiger partial charge < -0.3 is 10.6 Å². The summed E-state index contributed by atoms with van der Waals surface area (Å²) in [7, 11) is 0. The zero-order valence-electron chi connectivity index (χ0n) is 11.9. The molecule has 2 aromatic rings. The first kappa shape index (κ1) is 13.7. The lowest BCUT2D eigenvalue weighted by Crippen LogP contribution is -2.48. The maximum Gasteiger partial charge on any atom is 0.254 e. The molecule has 0 radical (unpaired) electrons. The monoisotopic (exact) mass is 286 g/mol. The number of aromatic nitrogens is 4. The Morgan fingerprint density at radius 3 is 2.71 bits per heavy atom. The molecule has 1 amide bonds. The molecule has 0 aliphatic carbocycles. The SMILES string of the molecule is CC1CC(N)CCN1C(=O)c1ccc(-n2cnnn2)cc1. The van der Waals surface area contributed by atoms with Crippen molar-refractivity contribution in [2.75, 3.05) is 6.54 Å². The molecule has 2 heterocycles. The molecule has 110 valence electrons. The largest absolute Gasteiger partial charge is 0.336 e. The second kappa shape index (κ2) is 5.61. The molecule has 0 bridgehead atoms. The third-order valence-electron chi connectivity index (χ3n) is 3.91.